The van der Waals surface area contributed by atoms with Gasteiger partial charge in [-0.25, -0.2) is 0 Å². The second kappa shape index (κ2) is 7.48. The summed E-state index contributed by atoms with van der Waals surface area (Å²) in [5, 5.41) is 11.4. The molecule has 0 spiro atoms. The number of methoxy groups -OCH3 is 1. The summed E-state index contributed by atoms with van der Waals surface area (Å²) in [6.07, 6.45) is 0. The fraction of sp³-hybridized carbons (Fsp3) is 0.0500. The Morgan fingerprint density at radius 2 is 1.54 bits per heavy atom. The van der Waals surface area contributed by atoms with Crippen LogP contribution in [-0.2, 0) is 0 Å². The van der Waals surface area contributed by atoms with E-state index in [0.717, 1.165) is 0 Å². The van der Waals surface area contributed by atoms with Crippen LogP contribution in [0.5, 0.6) is 17.2 Å². The van der Waals surface area contributed by atoms with Gasteiger partial charge in [-0.2, -0.15) is 0 Å². The van der Waals surface area contributed by atoms with Gasteiger partial charge < -0.3 is 9.47 Å². The van der Waals surface area contributed by atoms with E-state index in [1.54, 1.807) is 61.7 Å². The smallest absolute Gasteiger partial charge is 0.312 e. The average Bonchev–Trinajstić information content (AvgIpc) is 2.69. The first-order chi connectivity index (χ1) is 12.6. The van der Waals surface area contributed by atoms with E-state index in [9.17, 15) is 14.9 Å². The van der Waals surface area contributed by atoms with Gasteiger partial charge in [0.1, 0.15) is 11.5 Å². The molecule has 26 heavy (non-hydrogen) atoms. The van der Waals surface area contributed by atoms with E-state index >= 15 is 0 Å². The summed E-state index contributed by atoms with van der Waals surface area (Å²) in [5.74, 6) is 0.848. The number of hydrogen-bond acceptors (Lipinski definition) is 5. The van der Waals surface area contributed by atoms with Gasteiger partial charge in [0.15, 0.2) is 5.78 Å². The lowest BCUT2D eigenvalue weighted by Gasteiger charge is -2.08. The molecule has 0 heterocycles. The van der Waals surface area contributed by atoms with Gasteiger partial charge in [0, 0.05) is 17.2 Å². The number of carbonyl (C=O) groups is 1. The molecule has 6 nitrogen and oxygen atoms in total. The van der Waals surface area contributed by atoms with Crippen LogP contribution in [0, 0.1) is 10.1 Å². The van der Waals surface area contributed by atoms with E-state index in [4.69, 9.17) is 9.47 Å². The largest absolute Gasteiger partial charge is 0.497 e. The number of ketones is 1. The Morgan fingerprint density at radius 3 is 2.15 bits per heavy atom. The number of rotatable bonds is 6. The van der Waals surface area contributed by atoms with Crippen molar-refractivity contribution in [3.8, 4) is 17.2 Å². The Balaban J connectivity index is 1.91. The molecule has 3 aromatic rings. The highest BCUT2D eigenvalue weighted by atomic mass is 16.6. The quantitative estimate of drug-likeness (QED) is 0.368. The van der Waals surface area contributed by atoms with E-state index < -0.39 is 4.92 Å². The summed E-state index contributed by atoms with van der Waals surface area (Å²) in [6.45, 7) is 0. The summed E-state index contributed by atoms with van der Waals surface area (Å²) in [4.78, 5) is 23.3. The van der Waals surface area contributed by atoms with E-state index in [0.29, 0.717) is 17.1 Å². The van der Waals surface area contributed by atoms with Crippen molar-refractivity contribution in [3.63, 3.8) is 0 Å². The maximum absolute atomic E-state index is 12.5. The van der Waals surface area contributed by atoms with Crippen molar-refractivity contribution in [2.75, 3.05) is 7.11 Å². The average molecular weight is 349 g/mol. The molecule has 0 aliphatic carbocycles. The number of nitro groups is 1. The second-order valence-electron chi connectivity index (χ2n) is 5.41. The van der Waals surface area contributed by atoms with Crippen molar-refractivity contribution in [1.29, 1.82) is 0 Å². The fourth-order valence-electron chi connectivity index (χ4n) is 2.41. The molecule has 0 aliphatic rings. The zero-order valence-electron chi connectivity index (χ0n) is 13.9. The van der Waals surface area contributed by atoms with Gasteiger partial charge in [-0.3, -0.25) is 14.9 Å². The standard InChI is InChI=1S/C20H15NO5/c1-25-16-8-10-17(11-9-16)26-19-12-7-15(13-18(19)21(23)24)20(22)14-5-3-2-4-6-14/h2-13H,1H3. The molecule has 0 amide bonds. The molecule has 0 N–H and O–H groups in total. The molecule has 3 aromatic carbocycles. The Hall–Kier alpha value is -3.67. The third-order valence-corrected chi connectivity index (χ3v) is 3.74. The number of nitrogens with zero attached hydrogens (tertiary/aromatic N) is 1. The normalized spacial score (nSPS) is 10.2. The molecule has 0 saturated carbocycles. The van der Waals surface area contributed by atoms with Gasteiger partial charge in [0.2, 0.25) is 5.75 Å². The lowest BCUT2D eigenvalue weighted by Crippen LogP contribution is -2.03. The highest BCUT2D eigenvalue weighted by molar-refractivity contribution is 6.09. The Bertz CT molecular complexity index is 936. The first-order valence-electron chi connectivity index (χ1n) is 7.78. The number of ether oxygens (including phenoxy) is 2. The lowest BCUT2D eigenvalue weighted by molar-refractivity contribution is -0.385. The van der Waals surface area contributed by atoms with Crippen LogP contribution in [0.15, 0.2) is 72.8 Å². The van der Waals surface area contributed by atoms with Crippen LogP contribution >= 0.6 is 0 Å². The molecule has 0 saturated heterocycles. The molecule has 130 valence electrons. The van der Waals surface area contributed by atoms with Crippen molar-refractivity contribution in [3.05, 3.63) is 94.0 Å². The first-order valence-corrected chi connectivity index (χ1v) is 7.78. The summed E-state index contributed by atoms with van der Waals surface area (Å²) in [5.41, 5.74) is 0.415. The number of carbonyl (C=O) groups excluding carboxylic acids is 1. The van der Waals surface area contributed by atoms with Crippen molar-refractivity contribution in [2.45, 2.75) is 0 Å². The topological polar surface area (TPSA) is 78.7 Å². The van der Waals surface area contributed by atoms with E-state index in [2.05, 4.69) is 0 Å². The van der Waals surface area contributed by atoms with E-state index in [-0.39, 0.29) is 22.8 Å². The second-order valence-corrected chi connectivity index (χ2v) is 5.41. The van der Waals surface area contributed by atoms with Crippen molar-refractivity contribution < 1.29 is 19.2 Å². The molecule has 6 heteroatoms. The molecule has 0 bridgehead atoms. The number of hydrogen-bond donors (Lipinski definition) is 0. The molecule has 0 radical (unpaired) electrons. The van der Waals surface area contributed by atoms with Gasteiger partial charge in [-0.05, 0) is 36.4 Å². The van der Waals surface area contributed by atoms with Gasteiger partial charge in [-0.15, -0.1) is 0 Å². The minimum Gasteiger partial charge on any atom is -0.497 e. The third-order valence-electron chi connectivity index (χ3n) is 3.74. The van der Waals surface area contributed by atoms with Gasteiger partial charge in [0.25, 0.3) is 0 Å². The third kappa shape index (κ3) is 3.70. The summed E-state index contributed by atoms with van der Waals surface area (Å²) in [7, 11) is 1.54. The maximum atomic E-state index is 12.5. The van der Waals surface area contributed by atoms with Crippen LogP contribution in [0.3, 0.4) is 0 Å². The van der Waals surface area contributed by atoms with Crippen LogP contribution in [0.2, 0.25) is 0 Å². The molecular weight excluding hydrogens is 334 g/mol. The van der Waals surface area contributed by atoms with Gasteiger partial charge >= 0.3 is 5.69 Å². The minimum absolute atomic E-state index is 0.0600. The van der Waals surface area contributed by atoms with Crippen LogP contribution in [0.4, 0.5) is 5.69 Å². The molecular formula is C20H15NO5. The van der Waals surface area contributed by atoms with Gasteiger partial charge in [0.05, 0.1) is 12.0 Å². The SMILES string of the molecule is COc1ccc(Oc2ccc(C(=O)c3ccccc3)cc2[N+](=O)[O-])cc1. The molecule has 0 fully saturated rings. The summed E-state index contributed by atoms with van der Waals surface area (Å²) >= 11 is 0. The van der Waals surface area contributed by atoms with Crippen molar-refractivity contribution in [1.82, 2.24) is 0 Å². The van der Waals surface area contributed by atoms with Crippen LogP contribution < -0.4 is 9.47 Å². The number of benzene rings is 3. The number of nitro benzene ring substituents is 1. The fourth-order valence-corrected chi connectivity index (χ4v) is 2.41. The highest BCUT2D eigenvalue weighted by Crippen LogP contribution is 2.33. The predicted octanol–water partition coefficient (Wildman–Crippen LogP) is 4.63. The molecule has 0 unspecified atom stereocenters. The van der Waals surface area contributed by atoms with Crippen LogP contribution in [0.25, 0.3) is 0 Å². The molecule has 0 aromatic heterocycles. The Morgan fingerprint density at radius 1 is 0.885 bits per heavy atom. The first kappa shape index (κ1) is 17.2. The molecule has 3 rings (SSSR count). The molecule has 0 aliphatic heterocycles. The Kier molecular flexibility index (Phi) is 4.94. The summed E-state index contributed by atoms with van der Waals surface area (Å²) in [6, 6.07) is 19.4. The van der Waals surface area contributed by atoms with Gasteiger partial charge in [-0.1, -0.05) is 30.3 Å². The minimum atomic E-state index is -0.569. The monoisotopic (exact) mass is 349 g/mol. The van der Waals surface area contributed by atoms with E-state index in [1.165, 1.54) is 18.2 Å². The summed E-state index contributed by atoms with van der Waals surface area (Å²) < 4.78 is 10.7. The van der Waals surface area contributed by atoms with E-state index in [1.807, 2.05) is 0 Å². The van der Waals surface area contributed by atoms with Crippen LogP contribution in [-0.4, -0.2) is 17.8 Å². The molecule has 0 atom stereocenters. The lowest BCUT2D eigenvalue weighted by atomic mass is 10.0. The van der Waals surface area contributed by atoms with Crippen LogP contribution in [0.1, 0.15) is 15.9 Å². The zero-order chi connectivity index (χ0) is 18.5. The predicted molar refractivity (Wildman–Crippen MR) is 96.0 cm³/mol. The zero-order valence-corrected chi connectivity index (χ0v) is 13.9. The Labute approximate surface area is 149 Å². The highest BCUT2D eigenvalue weighted by Gasteiger charge is 2.20. The van der Waals surface area contributed by atoms with Crippen molar-refractivity contribution >= 4 is 11.5 Å². The maximum Gasteiger partial charge on any atom is 0.312 e. The van der Waals surface area contributed by atoms with Crippen molar-refractivity contribution in [2.24, 2.45) is 0 Å².